The van der Waals surface area contributed by atoms with E-state index in [2.05, 4.69) is 17.2 Å². The molecule has 3 N–H and O–H groups in total. The topological polar surface area (TPSA) is 68.0 Å². The molecule has 0 radical (unpaired) electrons. The number of carbonyl (C=O) groups is 1. The number of thioether (sulfide) groups is 1. The molecule has 0 bridgehead atoms. The van der Waals surface area contributed by atoms with Crippen molar-refractivity contribution in [3.63, 3.8) is 0 Å². The Balaban J connectivity index is 2.16. The van der Waals surface area contributed by atoms with Crippen molar-refractivity contribution in [1.29, 1.82) is 0 Å². The van der Waals surface area contributed by atoms with Crippen molar-refractivity contribution >= 4 is 29.0 Å². The highest BCUT2D eigenvalue weighted by atomic mass is 32.2. The molecule has 1 aromatic carbocycles. The molecule has 4 nitrogen and oxygen atoms in total. The fraction of sp³-hybridized carbons (Fsp3) is 0.143. The number of nitrogen functional groups attached to an aromatic ring is 1. The molecule has 5 heteroatoms. The lowest BCUT2D eigenvalue weighted by Gasteiger charge is -2.09. The number of pyridine rings is 1. The van der Waals surface area contributed by atoms with Crippen molar-refractivity contribution in [3.8, 4) is 0 Å². The largest absolute Gasteiger partial charge is 0.397 e. The van der Waals surface area contributed by atoms with Crippen LogP contribution in [0.4, 0.5) is 11.4 Å². The molecule has 2 rings (SSSR count). The van der Waals surface area contributed by atoms with Gasteiger partial charge in [-0.3, -0.25) is 4.79 Å². The second-order valence-corrected chi connectivity index (χ2v) is 5.17. The van der Waals surface area contributed by atoms with Crippen molar-refractivity contribution in [2.75, 3.05) is 16.8 Å². The first kappa shape index (κ1) is 13.4. The van der Waals surface area contributed by atoms with Crippen LogP contribution in [0.5, 0.6) is 0 Å². The van der Waals surface area contributed by atoms with Crippen LogP contribution in [0.15, 0.2) is 47.5 Å². The lowest BCUT2D eigenvalue weighted by atomic mass is 10.3. The van der Waals surface area contributed by atoms with Crippen LogP contribution in [0, 0.1) is 0 Å². The first-order chi connectivity index (χ1) is 9.20. The molecule has 1 heterocycles. The van der Waals surface area contributed by atoms with Gasteiger partial charge in [0.2, 0.25) is 0 Å². The van der Waals surface area contributed by atoms with Crippen molar-refractivity contribution < 1.29 is 4.79 Å². The molecule has 2 aromatic rings. The maximum Gasteiger partial charge on any atom is 0.274 e. The summed E-state index contributed by atoms with van der Waals surface area (Å²) >= 11 is 1.69. The van der Waals surface area contributed by atoms with Gasteiger partial charge in [-0.15, -0.1) is 11.8 Å². The lowest BCUT2D eigenvalue weighted by molar-refractivity contribution is 0.102. The second kappa shape index (κ2) is 6.24. The summed E-state index contributed by atoms with van der Waals surface area (Å²) in [5, 5.41) is 2.87. The Kier molecular flexibility index (Phi) is 4.41. The molecule has 0 aliphatic carbocycles. The first-order valence-corrected chi connectivity index (χ1v) is 6.94. The third kappa shape index (κ3) is 3.48. The van der Waals surface area contributed by atoms with Crippen LogP contribution in [-0.4, -0.2) is 16.6 Å². The third-order valence-corrected chi connectivity index (χ3v) is 3.41. The van der Waals surface area contributed by atoms with E-state index in [1.54, 1.807) is 23.9 Å². The van der Waals surface area contributed by atoms with Gasteiger partial charge in [-0.25, -0.2) is 4.98 Å². The van der Waals surface area contributed by atoms with Gasteiger partial charge in [0.1, 0.15) is 5.69 Å². The van der Waals surface area contributed by atoms with Gasteiger partial charge in [0, 0.05) is 4.90 Å². The molecule has 1 amide bonds. The van der Waals surface area contributed by atoms with Gasteiger partial charge in [0.05, 0.1) is 17.6 Å². The number of para-hydroxylation sites is 1. The number of carbonyl (C=O) groups excluding carboxylic acids is 1. The van der Waals surface area contributed by atoms with Crippen LogP contribution in [0.1, 0.15) is 17.4 Å². The summed E-state index contributed by atoms with van der Waals surface area (Å²) in [6, 6.07) is 11.0. The number of nitrogens with one attached hydrogen (secondary N) is 1. The Hall–Kier alpha value is -2.01. The predicted molar refractivity (Wildman–Crippen MR) is 79.4 cm³/mol. The SMILES string of the molecule is CCSc1ccccc1NC(=O)c1ccc(N)cn1. The summed E-state index contributed by atoms with van der Waals surface area (Å²) in [6.07, 6.45) is 1.47. The molecule has 0 atom stereocenters. The number of anilines is 2. The molecule has 0 saturated heterocycles. The predicted octanol–water partition coefficient (Wildman–Crippen LogP) is 3.03. The van der Waals surface area contributed by atoms with E-state index in [9.17, 15) is 4.79 Å². The molecule has 0 unspecified atom stereocenters. The summed E-state index contributed by atoms with van der Waals surface area (Å²) < 4.78 is 0. The molecular formula is C14H15N3OS. The normalized spacial score (nSPS) is 10.2. The third-order valence-electron chi connectivity index (χ3n) is 2.45. The van der Waals surface area contributed by atoms with Crippen molar-refractivity contribution in [1.82, 2.24) is 4.98 Å². The zero-order valence-corrected chi connectivity index (χ0v) is 11.4. The minimum absolute atomic E-state index is 0.232. The highest BCUT2D eigenvalue weighted by Crippen LogP contribution is 2.26. The molecule has 0 saturated carbocycles. The summed E-state index contributed by atoms with van der Waals surface area (Å²) in [4.78, 5) is 17.1. The number of hydrogen-bond donors (Lipinski definition) is 2. The zero-order chi connectivity index (χ0) is 13.7. The van der Waals surface area contributed by atoms with Crippen LogP contribution in [0.3, 0.4) is 0 Å². The summed E-state index contributed by atoms with van der Waals surface area (Å²) in [5.74, 6) is 0.719. The maximum absolute atomic E-state index is 12.1. The van der Waals surface area contributed by atoms with Crippen LogP contribution in [0.25, 0.3) is 0 Å². The number of benzene rings is 1. The average Bonchev–Trinajstić information content (AvgIpc) is 2.42. The van der Waals surface area contributed by atoms with Gasteiger partial charge in [0.25, 0.3) is 5.91 Å². The Morgan fingerprint density at radius 2 is 2.11 bits per heavy atom. The minimum atomic E-state index is -0.232. The number of hydrogen-bond acceptors (Lipinski definition) is 4. The van der Waals surface area contributed by atoms with Gasteiger partial charge in [-0.2, -0.15) is 0 Å². The summed E-state index contributed by atoms with van der Waals surface area (Å²) in [6.45, 7) is 2.07. The highest BCUT2D eigenvalue weighted by Gasteiger charge is 2.09. The van der Waals surface area contributed by atoms with Crippen LogP contribution in [-0.2, 0) is 0 Å². The first-order valence-electron chi connectivity index (χ1n) is 5.95. The number of rotatable bonds is 4. The summed E-state index contributed by atoms with van der Waals surface area (Å²) in [7, 11) is 0. The highest BCUT2D eigenvalue weighted by molar-refractivity contribution is 7.99. The van der Waals surface area contributed by atoms with E-state index in [0.29, 0.717) is 11.4 Å². The van der Waals surface area contributed by atoms with Crippen molar-refractivity contribution in [3.05, 3.63) is 48.3 Å². The quantitative estimate of drug-likeness (QED) is 0.840. The van der Waals surface area contributed by atoms with Gasteiger partial charge >= 0.3 is 0 Å². The fourth-order valence-corrected chi connectivity index (χ4v) is 2.34. The van der Waals surface area contributed by atoms with E-state index in [4.69, 9.17) is 5.73 Å². The Morgan fingerprint density at radius 3 is 2.79 bits per heavy atom. The number of nitrogens with two attached hydrogens (primary N) is 1. The molecular weight excluding hydrogens is 258 g/mol. The van der Waals surface area contributed by atoms with Crippen LogP contribution in [0.2, 0.25) is 0 Å². The smallest absolute Gasteiger partial charge is 0.274 e. The van der Waals surface area contributed by atoms with E-state index in [1.165, 1.54) is 6.20 Å². The van der Waals surface area contributed by atoms with Gasteiger partial charge in [-0.1, -0.05) is 19.1 Å². The van der Waals surface area contributed by atoms with E-state index < -0.39 is 0 Å². The van der Waals surface area contributed by atoms with Crippen molar-refractivity contribution in [2.24, 2.45) is 0 Å². The van der Waals surface area contributed by atoms with Crippen LogP contribution < -0.4 is 11.1 Å². The van der Waals surface area contributed by atoms with Crippen molar-refractivity contribution in [2.45, 2.75) is 11.8 Å². The molecule has 0 aliphatic heterocycles. The zero-order valence-electron chi connectivity index (χ0n) is 10.6. The van der Waals surface area contributed by atoms with E-state index >= 15 is 0 Å². The van der Waals surface area contributed by atoms with Gasteiger partial charge in [0.15, 0.2) is 0 Å². The molecule has 0 aliphatic rings. The van der Waals surface area contributed by atoms with Crippen LogP contribution >= 0.6 is 11.8 Å². The lowest BCUT2D eigenvalue weighted by Crippen LogP contribution is -2.14. The monoisotopic (exact) mass is 273 g/mol. The Labute approximate surface area is 116 Å². The van der Waals surface area contributed by atoms with E-state index in [1.807, 2.05) is 24.3 Å². The fourth-order valence-electron chi connectivity index (χ4n) is 1.58. The van der Waals surface area contributed by atoms with E-state index in [-0.39, 0.29) is 5.91 Å². The minimum Gasteiger partial charge on any atom is -0.397 e. The number of nitrogens with zero attached hydrogens (tertiary/aromatic N) is 1. The van der Waals surface area contributed by atoms with E-state index in [0.717, 1.165) is 16.3 Å². The van der Waals surface area contributed by atoms with Gasteiger partial charge < -0.3 is 11.1 Å². The van der Waals surface area contributed by atoms with Gasteiger partial charge in [-0.05, 0) is 30.0 Å². The average molecular weight is 273 g/mol. The molecule has 0 spiro atoms. The number of amides is 1. The molecule has 98 valence electrons. The summed E-state index contributed by atoms with van der Waals surface area (Å²) in [5.41, 5.74) is 7.24. The molecule has 1 aromatic heterocycles. The standard InChI is InChI=1S/C14H15N3OS/c1-2-19-13-6-4-3-5-11(13)17-14(18)12-8-7-10(15)9-16-12/h3-9H,2,15H2,1H3,(H,17,18). The second-order valence-electron chi connectivity index (χ2n) is 3.86. The molecule has 19 heavy (non-hydrogen) atoms. The molecule has 0 fully saturated rings. The number of aromatic nitrogens is 1. The Morgan fingerprint density at radius 1 is 1.32 bits per heavy atom. The maximum atomic E-state index is 12.1. The Bertz CT molecular complexity index is 569.